The van der Waals surface area contributed by atoms with E-state index in [1.54, 1.807) is 24.3 Å². The number of amides is 1. The van der Waals surface area contributed by atoms with Gasteiger partial charge in [-0.05, 0) is 56.3 Å². The van der Waals surface area contributed by atoms with Gasteiger partial charge >= 0.3 is 0 Å². The van der Waals surface area contributed by atoms with Crippen LogP contribution in [-0.4, -0.2) is 51.7 Å². The quantitative estimate of drug-likeness (QED) is 0.266. The Morgan fingerprint density at radius 1 is 1.05 bits per heavy atom. The van der Waals surface area contributed by atoms with E-state index in [1.807, 2.05) is 33.8 Å². The van der Waals surface area contributed by atoms with Gasteiger partial charge in [0.25, 0.3) is 5.91 Å². The van der Waals surface area contributed by atoms with Crippen molar-refractivity contribution in [2.45, 2.75) is 27.0 Å². The molecule has 0 saturated carbocycles. The maximum absolute atomic E-state index is 13.0. The number of furan rings is 1. The molecule has 0 aliphatic carbocycles. The van der Waals surface area contributed by atoms with Gasteiger partial charge in [-0.2, -0.15) is 5.10 Å². The highest BCUT2D eigenvalue weighted by molar-refractivity contribution is 9.10. The molecule has 0 radical (unpaired) electrons. The van der Waals surface area contributed by atoms with Crippen LogP contribution in [0.2, 0.25) is 5.02 Å². The fraction of sp³-hybridized carbons (Fsp3) is 0.286. The molecule has 0 N–H and O–H groups in total. The number of hydrogen-bond donors (Lipinski definition) is 0. The van der Waals surface area contributed by atoms with Crippen LogP contribution in [-0.2, 0) is 13.2 Å². The molecule has 1 aliphatic heterocycles. The van der Waals surface area contributed by atoms with Crippen molar-refractivity contribution >= 4 is 33.4 Å². The predicted molar refractivity (Wildman–Crippen MR) is 146 cm³/mol. The number of nitrogens with zero attached hydrogens (tertiary/aromatic N) is 4. The van der Waals surface area contributed by atoms with Gasteiger partial charge in [0.1, 0.15) is 18.1 Å². The fourth-order valence-corrected chi connectivity index (χ4v) is 5.25. The average Bonchev–Trinajstić information content (AvgIpc) is 3.49. The number of rotatable bonds is 7. The molecular weight excluding hydrogens is 556 g/mol. The summed E-state index contributed by atoms with van der Waals surface area (Å²) in [6.07, 6.45) is 0. The van der Waals surface area contributed by atoms with E-state index in [0.29, 0.717) is 35.4 Å². The number of carbonyl (C=O) groups excluding carboxylic acids is 1. The number of piperazine rings is 1. The van der Waals surface area contributed by atoms with Crippen LogP contribution in [0, 0.1) is 13.8 Å². The molecule has 2 aromatic carbocycles. The van der Waals surface area contributed by atoms with Crippen LogP contribution in [0.4, 0.5) is 0 Å². The largest absolute Gasteiger partial charge is 0.484 e. The number of hydrogen-bond acceptors (Lipinski definition) is 5. The lowest BCUT2D eigenvalue weighted by Gasteiger charge is -2.34. The Bertz CT molecular complexity index is 1390. The van der Waals surface area contributed by atoms with Crippen LogP contribution in [0.3, 0.4) is 0 Å². The first-order valence-electron chi connectivity index (χ1n) is 12.2. The number of para-hydroxylation sites is 1. The zero-order valence-corrected chi connectivity index (χ0v) is 23.1. The third kappa shape index (κ3) is 5.76. The van der Waals surface area contributed by atoms with Crippen LogP contribution in [0.5, 0.6) is 5.75 Å². The van der Waals surface area contributed by atoms with E-state index in [2.05, 4.69) is 46.8 Å². The number of halogens is 2. The van der Waals surface area contributed by atoms with E-state index in [0.717, 1.165) is 41.2 Å². The zero-order chi connectivity index (χ0) is 25.9. The second kappa shape index (κ2) is 11.1. The Morgan fingerprint density at radius 3 is 2.54 bits per heavy atom. The minimum atomic E-state index is -0.100. The van der Waals surface area contributed by atoms with Gasteiger partial charge in [0.2, 0.25) is 0 Å². The Morgan fingerprint density at radius 2 is 1.81 bits per heavy atom. The SMILES string of the molecule is Cc1nn(-c2ccccc2)c(C)c1CN1CCN(C(=O)c2ccc(COc3ccc(Br)cc3Cl)o2)CC1. The molecule has 0 bridgehead atoms. The summed E-state index contributed by atoms with van der Waals surface area (Å²) < 4.78 is 14.4. The Kier molecular flexibility index (Phi) is 7.69. The van der Waals surface area contributed by atoms with Gasteiger partial charge in [-0.25, -0.2) is 4.68 Å². The monoisotopic (exact) mass is 582 g/mol. The van der Waals surface area contributed by atoms with Crippen molar-refractivity contribution in [2.24, 2.45) is 0 Å². The number of carbonyl (C=O) groups is 1. The van der Waals surface area contributed by atoms with E-state index in [9.17, 15) is 4.79 Å². The van der Waals surface area contributed by atoms with Gasteiger partial charge in [0.15, 0.2) is 5.76 Å². The van der Waals surface area contributed by atoms with Gasteiger partial charge in [-0.3, -0.25) is 9.69 Å². The maximum Gasteiger partial charge on any atom is 0.289 e. The van der Waals surface area contributed by atoms with Crippen molar-refractivity contribution in [3.8, 4) is 11.4 Å². The summed E-state index contributed by atoms with van der Waals surface area (Å²) in [5, 5.41) is 5.27. The topological polar surface area (TPSA) is 63.7 Å². The lowest BCUT2D eigenvalue weighted by molar-refractivity contribution is 0.0593. The first-order valence-corrected chi connectivity index (χ1v) is 13.3. The summed E-state index contributed by atoms with van der Waals surface area (Å²) >= 11 is 9.59. The summed E-state index contributed by atoms with van der Waals surface area (Å²) in [6.45, 7) is 8.05. The van der Waals surface area contributed by atoms with Crippen molar-refractivity contribution in [3.63, 3.8) is 0 Å². The standard InChI is InChI=1S/C28H28BrClN4O3/c1-19-24(20(2)34(31-19)22-6-4-3-5-7-22)17-32-12-14-33(15-13-32)28(35)27-11-9-23(37-27)18-36-26-10-8-21(29)16-25(26)30/h3-11,16H,12-15,17-18H2,1-2H3. The van der Waals surface area contributed by atoms with Crippen molar-refractivity contribution in [1.29, 1.82) is 0 Å². The number of aryl methyl sites for hydroxylation is 1. The third-order valence-corrected chi connectivity index (χ3v) is 7.41. The molecule has 192 valence electrons. The van der Waals surface area contributed by atoms with E-state index < -0.39 is 0 Å². The molecule has 1 aliphatic rings. The second-order valence-corrected chi connectivity index (χ2v) is 10.4. The minimum absolute atomic E-state index is 0.100. The second-order valence-electron chi connectivity index (χ2n) is 9.09. The Hall–Kier alpha value is -3.07. The van der Waals surface area contributed by atoms with Crippen molar-refractivity contribution in [2.75, 3.05) is 26.2 Å². The van der Waals surface area contributed by atoms with E-state index in [1.165, 1.54) is 5.56 Å². The van der Waals surface area contributed by atoms with Gasteiger partial charge < -0.3 is 14.1 Å². The normalized spacial score (nSPS) is 14.2. The molecule has 0 unspecified atom stereocenters. The molecule has 37 heavy (non-hydrogen) atoms. The van der Waals surface area contributed by atoms with E-state index in [4.69, 9.17) is 25.9 Å². The molecule has 1 fully saturated rings. The molecule has 1 saturated heterocycles. The Labute approximate surface area is 229 Å². The highest BCUT2D eigenvalue weighted by atomic mass is 79.9. The van der Waals surface area contributed by atoms with Crippen LogP contribution in [0.15, 0.2) is 69.6 Å². The van der Waals surface area contributed by atoms with Crippen LogP contribution in [0.25, 0.3) is 5.69 Å². The molecule has 0 atom stereocenters. The summed E-state index contributed by atoms with van der Waals surface area (Å²) in [6, 6.07) is 19.1. The van der Waals surface area contributed by atoms with Crippen molar-refractivity contribution < 1.29 is 13.9 Å². The number of benzene rings is 2. The van der Waals surface area contributed by atoms with Gasteiger partial charge in [0, 0.05) is 48.5 Å². The van der Waals surface area contributed by atoms with Crippen LogP contribution >= 0.6 is 27.5 Å². The predicted octanol–water partition coefficient (Wildman–Crippen LogP) is 6.04. The van der Waals surface area contributed by atoms with Gasteiger partial charge in [-0.1, -0.05) is 45.7 Å². The first kappa shape index (κ1) is 25.6. The molecule has 5 rings (SSSR count). The molecule has 1 amide bonds. The fourth-order valence-electron chi connectivity index (χ4n) is 4.52. The smallest absolute Gasteiger partial charge is 0.289 e. The summed E-state index contributed by atoms with van der Waals surface area (Å²) in [4.78, 5) is 17.3. The lowest BCUT2D eigenvalue weighted by atomic mass is 10.1. The van der Waals surface area contributed by atoms with Gasteiger partial charge in [0.05, 0.1) is 16.4 Å². The van der Waals surface area contributed by atoms with E-state index >= 15 is 0 Å². The summed E-state index contributed by atoms with van der Waals surface area (Å²) in [5.74, 6) is 1.36. The highest BCUT2D eigenvalue weighted by Gasteiger charge is 2.26. The molecule has 3 heterocycles. The Balaban J connectivity index is 1.16. The lowest BCUT2D eigenvalue weighted by Crippen LogP contribution is -2.48. The molecular formula is C28H28BrClN4O3. The first-order chi connectivity index (χ1) is 17.9. The molecule has 9 heteroatoms. The number of ether oxygens (including phenoxy) is 1. The van der Waals surface area contributed by atoms with Gasteiger partial charge in [-0.15, -0.1) is 0 Å². The van der Waals surface area contributed by atoms with Crippen molar-refractivity contribution in [3.05, 3.63) is 98.6 Å². The summed E-state index contributed by atoms with van der Waals surface area (Å²) in [7, 11) is 0. The van der Waals surface area contributed by atoms with Crippen LogP contribution in [0.1, 0.15) is 33.3 Å². The summed E-state index contributed by atoms with van der Waals surface area (Å²) in [5.41, 5.74) is 4.49. The maximum atomic E-state index is 13.0. The van der Waals surface area contributed by atoms with Crippen LogP contribution < -0.4 is 4.74 Å². The zero-order valence-electron chi connectivity index (χ0n) is 20.8. The minimum Gasteiger partial charge on any atom is -0.484 e. The number of aromatic nitrogens is 2. The van der Waals surface area contributed by atoms with Crippen molar-refractivity contribution in [1.82, 2.24) is 19.6 Å². The molecule has 7 nitrogen and oxygen atoms in total. The third-order valence-electron chi connectivity index (χ3n) is 6.62. The highest BCUT2D eigenvalue weighted by Crippen LogP contribution is 2.28. The molecule has 0 spiro atoms. The molecule has 2 aromatic heterocycles. The molecule has 4 aromatic rings. The van der Waals surface area contributed by atoms with E-state index in [-0.39, 0.29) is 12.5 Å². The average molecular weight is 584 g/mol.